The van der Waals surface area contributed by atoms with Gasteiger partial charge in [-0.2, -0.15) is 0 Å². The van der Waals surface area contributed by atoms with Gasteiger partial charge in [0.05, 0.1) is 17.5 Å². The molecule has 8 aliphatic carbocycles. The SMILES string of the molecule is PC(c1cc(-c2ccccc2)c(-c2ccccc2)cc1CP(C12CC3CC(CC(C3)C1)C2)C12CC3CC(CC(C3)C1)C2)(C1NCCCN1)C1NCCCN1. The summed E-state index contributed by atoms with van der Waals surface area (Å²) in [6.45, 7) is 4.26. The maximum absolute atomic E-state index is 4.05. The molecular weight excluding hydrogens is 695 g/mol. The van der Waals surface area contributed by atoms with Gasteiger partial charge in [-0.25, -0.2) is 0 Å². The molecule has 4 N–H and O–H groups in total. The molecule has 1 unspecified atom stereocenters. The van der Waals surface area contributed by atoms with E-state index < -0.39 is 0 Å². The molecule has 4 nitrogen and oxygen atoms in total. The van der Waals surface area contributed by atoms with Crippen molar-refractivity contribution in [3.63, 3.8) is 0 Å². The van der Waals surface area contributed by atoms with Crippen molar-refractivity contribution in [3.05, 3.63) is 83.9 Å². The highest BCUT2D eigenvalue weighted by atomic mass is 31.1. The number of hydrogen-bond donors (Lipinski definition) is 4. The maximum Gasteiger partial charge on any atom is 0.0735 e. The molecule has 0 radical (unpaired) electrons. The lowest BCUT2D eigenvalue weighted by Gasteiger charge is -2.67. The quantitative estimate of drug-likeness (QED) is 0.164. The predicted octanol–water partition coefficient (Wildman–Crippen LogP) is 9.83. The van der Waals surface area contributed by atoms with Crippen LogP contribution in [0.2, 0.25) is 0 Å². The second-order valence-corrected chi connectivity index (χ2v) is 24.0. The zero-order valence-corrected chi connectivity index (χ0v) is 34.6. The minimum atomic E-state index is -0.265. The summed E-state index contributed by atoms with van der Waals surface area (Å²) >= 11 is 0. The van der Waals surface area contributed by atoms with Crippen LogP contribution in [0.1, 0.15) is 101 Å². The molecule has 6 heteroatoms. The van der Waals surface area contributed by atoms with E-state index in [2.05, 4.69) is 103 Å². The van der Waals surface area contributed by atoms with Gasteiger partial charge in [-0.3, -0.25) is 0 Å². The lowest BCUT2D eigenvalue weighted by molar-refractivity contribution is 0.0184. The molecule has 2 saturated heterocycles. The first-order valence-corrected chi connectivity index (χ1v) is 24.4. The van der Waals surface area contributed by atoms with Crippen LogP contribution < -0.4 is 21.3 Å². The first-order valence-electron chi connectivity index (χ1n) is 22.2. The molecular formula is C48H64N4P2. The lowest BCUT2D eigenvalue weighted by Crippen LogP contribution is -2.69. The summed E-state index contributed by atoms with van der Waals surface area (Å²) in [5.74, 6) is 6.01. The molecule has 8 bridgehead atoms. The van der Waals surface area contributed by atoms with E-state index in [-0.39, 0.29) is 25.4 Å². The van der Waals surface area contributed by atoms with Crippen LogP contribution in [-0.2, 0) is 11.3 Å². The lowest BCUT2D eigenvalue weighted by atomic mass is 9.55. The molecule has 13 rings (SSSR count). The average molecular weight is 759 g/mol. The van der Waals surface area contributed by atoms with Crippen LogP contribution in [0, 0.1) is 35.5 Å². The van der Waals surface area contributed by atoms with Crippen molar-refractivity contribution >= 4 is 17.2 Å². The van der Waals surface area contributed by atoms with Crippen LogP contribution in [0.3, 0.4) is 0 Å². The van der Waals surface area contributed by atoms with E-state index in [9.17, 15) is 0 Å². The summed E-state index contributed by atoms with van der Waals surface area (Å²) in [6, 6.07) is 28.3. The van der Waals surface area contributed by atoms with E-state index in [1.165, 1.54) is 41.3 Å². The van der Waals surface area contributed by atoms with Gasteiger partial charge in [0.25, 0.3) is 0 Å². The Balaban J connectivity index is 1.13. The minimum absolute atomic E-state index is 0.162. The maximum atomic E-state index is 4.05. The number of benzene rings is 3. The van der Waals surface area contributed by atoms with Gasteiger partial charge in [-0.15, -0.1) is 9.24 Å². The Morgan fingerprint density at radius 2 is 0.907 bits per heavy atom. The molecule has 2 heterocycles. The topological polar surface area (TPSA) is 48.1 Å². The smallest absolute Gasteiger partial charge is 0.0735 e. The second kappa shape index (κ2) is 14.0. The summed E-state index contributed by atoms with van der Waals surface area (Å²) in [5.41, 5.74) is 8.72. The van der Waals surface area contributed by atoms with Crippen molar-refractivity contribution in [2.45, 2.75) is 124 Å². The van der Waals surface area contributed by atoms with Gasteiger partial charge in [-0.1, -0.05) is 68.6 Å². The van der Waals surface area contributed by atoms with E-state index in [1.807, 2.05) is 0 Å². The molecule has 286 valence electrons. The monoisotopic (exact) mass is 758 g/mol. The summed E-state index contributed by atoms with van der Waals surface area (Å²) in [7, 11) is 3.34. The van der Waals surface area contributed by atoms with Crippen molar-refractivity contribution in [1.29, 1.82) is 0 Å². The standard InChI is InChI=1S/C48H64N4P2/c53-48(44-49-13-7-14-50-44,45-51-15-8-16-52-45)43-24-42(39-11-5-2-6-12-39)41(38-9-3-1-4-10-38)23-40(43)31-54(46-25-32-17-33(26-46)19-34(18-32)27-46)47-28-35-20-36(29-47)22-37(21-35)30-47/h1-6,9-12,23-24,32-37,44-45,49-52H,7-8,13-22,25-31,53H2. The van der Waals surface area contributed by atoms with E-state index in [0.717, 1.165) is 61.7 Å². The summed E-state index contributed by atoms with van der Waals surface area (Å²) in [5, 5.41) is 17.1. The molecule has 1 atom stereocenters. The molecule has 10 aliphatic rings. The Bertz CT molecular complexity index is 1680. The van der Waals surface area contributed by atoms with Gasteiger partial charge in [0.15, 0.2) is 0 Å². The van der Waals surface area contributed by atoms with Crippen molar-refractivity contribution < 1.29 is 0 Å². The molecule has 54 heavy (non-hydrogen) atoms. The molecule has 10 fully saturated rings. The first-order chi connectivity index (χ1) is 26.5. The Kier molecular flexibility index (Phi) is 9.23. The van der Waals surface area contributed by atoms with Gasteiger partial charge in [0.2, 0.25) is 0 Å². The third-order valence-corrected chi connectivity index (χ3v) is 21.4. The van der Waals surface area contributed by atoms with Crippen LogP contribution >= 0.6 is 17.2 Å². The minimum Gasteiger partial charge on any atom is -0.301 e. The Morgan fingerprint density at radius 3 is 1.30 bits per heavy atom. The van der Waals surface area contributed by atoms with Crippen LogP contribution in [0.5, 0.6) is 0 Å². The Labute approximate surface area is 328 Å². The van der Waals surface area contributed by atoms with Crippen LogP contribution in [0.15, 0.2) is 72.8 Å². The number of rotatable bonds is 9. The molecule has 8 saturated carbocycles. The van der Waals surface area contributed by atoms with E-state index >= 15 is 0 Å². The molecule has 3 aromatic carbocycles. The fourth-order valence-corrected chi connectivity index (χ4v) is 21.0. The van der Waals surface area contributed by atoms with Gasteiger partial charge in [-0.05, 0) is 214 Å². The van der Waals surface area contributed by atoms with Gasteiger partial charge < -0.3 is 21.3 Å². The Morgan fingerprint density at radius 1 is 0.537 bits per heavy atom. The molecule has 3 aromatic rings. The number of nitrogens with one attached hydrogen (secondary N) is 4. The highest BCUT2D eigenvalue weighted by molar-refractivity contribution is 7.60. The van der Waals surface area contributed by atoms with Crippen LogP contribution in [0.25, 0.3) is 22.3 Å². The van der Waals surface area contributed by atoms with E-state index in [4.69, 9.17) is 0 Å². The highest BCUT2D eigenvalue weighted by Crippen LogP contribution is 2.80. The third kappa shape index (κ3) is 6.05. The Hall–Kier alpha value is -1.64. The molecule has 0 aromatic heterocycles. The zero-order valence-electron chi connectivity index (χ0n) is 32.5. The molecule has 2 aliphatic heterocycles. The summed E-state index contributed by atoms with van der Waals surface area (Å²) in [4.78, 5) is 0. The number of hydrogen-bond acceptors (Lipinski definition) is 4. The van der Waals surface area contributed by atoms with Crippen LogP contribution in [-0.4, -0.2) is 48.8 Å². The van der Waals surface area contributed by atoms with Gasteiger partial charge >= 0.3 is 0 Å². The van der Waals surface area contributed by atoms with E-state index in [1.54, 1.807) is 88.2 Å². The fraction of sp³-hybridized carbons (Fsp3) is 0.625. The molecule has 0 spiro atoms. The third-order valence-electron chi connectivity index (χ3n) is 16.4. The van der Waals surface area contributed by atoms with Crippen molar-refractivity contribution in [3.8, 4) is 22.3 Å². The van der Waals surface area contributed by atoms with Gasteiger partial charge in [0, 0.05) is 0 Å². The van der Waals surface area contributed by atoms with Crippen LogP contribution in [0.4, 0.5) is 0 Å². The summed E-state index contributed by atoms with van der Waals surface area (Å²) < 4.78 is 0. The predicted molar refractivity (Wildman–Crippen MR) is 230 cm³/mol. The first kappa shape index (κ1) is 35.5. The van der Waals surface area contributed by atoms with Gasteiger partial charge in [0.1, 0.15) is 0 Å². The second-order valence-electron chi connectivity index (χ2n) is 20.0. The zero-order chi connectivity index (χ0) is 35.9. The molecule has 0 amide bonds. The van der Waals surface area contributed by atoms with E-state index in [0.29, 0.717) is 10.3 Å². The van der Waals surface area contributed by atoms with Crippen molar-refractivity contribution in [2.24, 2.45) is 35.5 Å². The normalized spacial score (nSPS) is 36.8. The van der Waals surface area contributed by atoms with Crippen molar-refractivity contribution in [1.82, 2.24) is 21.3 Å². The largest absolute Gasteiger partial charge is 0.301 e. The fourth-order valence-electron chi connectivity index (χ4n) is 15.2. The average Bonchev–Trinajstić information content (AvgIpc) is 3.19. The summed E-state index contributed by atoms with van der Waals surface area (Å²) in [6.07, 6.45) is 22.6. The highest BCUT2D eigenvalue weighted by Gasteiger charge is 2.63. The van der Waals surface area contributed by atoms with Crippen molar-refractivity contribution in [2.75, 3.05) is 26.2 Å².